The molecule has 0 saturated carbocycles. The number of aryl methyl sites for hydroxylation is 2. The molecular weight excluding hydrogens is 170 g/mol. The number of aromatic nitrogens is 1. The number of nitrogens with zero attached hydrogens (tertiary/aromatic N) is 1. The van der Waals surface area contributed by atoms with Crippen LogP contribution in [0.3, 0.4) is 0 Å². The van der Waals surface area contributed by atoms with Gasteiger partial charge in [-0.25, -0.2) is 0 Å². The van der Waals surface area contributed by atoms with Crippen molar-refractivity contribution in [2.75, 3.05) is 0 Å². The van der Waals surface area contributed by atoms with Gasteiger partial charge in [0.25, 0.3) is 0 Å². The fourth-order valence-corrected chi connectivity index (χ4v) is 1.64. The summed E-state index contributed by atoms with van der Waals surface area (Å²) in [6, 6.07) is 14.7. The summed E-state index contributed by atoms with van der Waals surface area (Å²) in [6.45, 7) is 4.24. The molecule has 0 N–H and O–H groups in total. The van der Waals surface area contributed by atoms with Crippen molar-refractivity contribution < 1.29 is 4.57 Å². The van der Waals surface area contributed by atoms with E-state index in [0.29, 0.717) is 0 Å². The lowest BCUT2D eigenvalue weighted by Crippen LogP contribution is -2.33. The Hall–Kier alpha value is -1.63. The van der Waals surface area contributed by atoms with Crippen LogP contribution in [0.15, 0.2) is 48.7 Å². The average molecular weight is 184 g/mol. The first-order valence-corrected chi connectivity index (χ1v) is 4.82. The van der Waals surface area contributed by atoms with Crippen molar-refractivity contribution in [1.29, 1.82) is 0 Å². The number of para-hydroxylation sites is 1. The van der Waals surface area contributed by atoms with E-state index in [9.17, 15) is 0 Å². The quantitative estimate of drug-likeness (QED) is 0.600. The van der Waals surface area contributed by atoms with E-state index in [1.54, 1.807) is 0 Å². The molecular formula is C13H14N+. The molecule has 0 atom stereocenters. The normalized spacial score (nSPS) is 10.1. The predicted molar refractivity (Wildman–Crippen MR) is 57.4 cm³/mol. The van der Waals surface area contributed by atoms with Gasteiger partial charge >= 0.3 is 0 Å². The molecule has 0 saturated heterocycles. The second-order valence-electron chi connectivity index (χ2n) is 3.55. The van der Waals surface area contributed by atoms with E-state index in [1.807, 2.05) is 6.07 Å². The molecule has 0 aliphatic heterocycles. The van der Waals surface area contributed by atoms with E-state index in [1.165, 1.54) is 16.9 Å². The number of benzene rings is 1. The minimum atomic E-state index is 1.21. The van der Waals surface area contributed by atoms with Gasteiger partial charge in [-0.3, -0.25) is 0 Å². The summed E-state index contributed by atoms with van der Waals surface area (Å²) in [5.41, 5.74) is 3.77. The Balaban J connectivity index is 2.53. The number of rotatable bonds is 1. The summed E-state index contributed by atoms with van der Waals surface area (Å²) in [6.07, 6.45) is 2.11. The second-order valence-corrected chi connectivity index (χ2v) is 3.55. The summed E-state index contributed by atoms with van der Waals surface area (Å²) in [5, 5.41) is 0. The van der Waals surface area contributed by atoms with Crippen LogP contribution in [0.5, 0.6) is 0 Å². The first-order chi connectivity index (χ1) is 6.77. The Morgan fingerprint density at radius 3 is 2.29 bits per heavy atom. The third-order valence-electron chi connectivity index (χ3n) is 2.34. The lowest BCUT2D eigenvalue weighted by atomic mass is 10.2. The minimum absolute atomic E-state index is 1.21. The van der Waals surface area contributed by atoms with Gasteiger partial charge in [0, 0.05) is 31.2 Å². The van der Waals surface area contributed by atoms with E-state index < -0.39 is 0 Å². The molecule has 1 nitrogen and oxygen atoms in total. The van der Waals surface area contributed by atoms with Crippen LogP contribution >= 0.6 is 0 Å². The maximum atomic E-state index is 2.19. The van der Waals surface area contributed by atoms with Crippen molar-refractivity contribution in [2.24, 2.45) is 0 Å². The highest BCUT2D eigenvalue weighted by Crippen LogP contribution is 2.02. The molecule has 0 amide bonds. The molecule has 14 heavy (non-hydrogen) atoms. The Bertz CT molecular complexity index is 432. The summed E-state index contributed by atoms with van der Waals surface area (Å²) in [5.74, 6) is 0. The van der Waals surface area contributed by atoms with Gasteiger partial charge in [0.05, 0.1) is 0 Å². The molecule has 1 aromatic heterocycles. The lowest BCUT2D eigenvalue weighted by Gasteiger charge is -1.99. The molecule has 1 heterocycles. The molecule has 0 unspecified atom stereocenters. The fourth-order valence-electron chi connectivity index (χ4n) is 1.64. The van der Waals surface area contributed by atoms with Gasteiger partial charge in [0.2, 0.25) is 5.69 Å². The Kier molecular flexibility index (Phi) is 2.32. The summed E-state index contributed by atoms with van der Waals surface area (Å²) in [4.78, 5) is 0. The van der Waals surface area contributed by atoms with Crippen molar-refractivity contribution in [3.05, 3.63) is 59.9 Å². The molecule has 2 aromatic rings. The molecule has 2 rings (SSSR count). The van der Waals surface area contributed by atoms with E-state index in [4.69, 9.17) is 0 Å². The monoisotopic (exact) mass is 184 g/mol. The predicted octanol–water partition coefficient (Wildman–Crippen LogP) is 2.58. The van der Waals surface area contributed by atoms with E-state index >= 15 is 0 Å². The van der Waals surface area contributed by atoms with Crippen LogP contribution in [0, 0.1) is 13.8 Å². The highest BCUT2D eigenvalue weighted by Gasteiger charge is 2.07. The van der Waals surface area contributed by atoms with Crippen LogP contribution in [0.2, 0.25) is 0 Å². The molecule has 1 aromatic carbocycles. The molecule has 0 aliphatic rings. The molecule has 70 valence electrons. The van der Waals surface area contributed by atoms with Crippen molar-refractivity contribution in [3.63, 3.8) is 0 Å². The van der Waals surface area contributed by atoms with Crippen LogP contribution in [0.1, 0.15) is 11.3 Å². The molecule has 1 heteroatoms. The minimum Gasteiger partial charge on any atom is -0.165 e. The highest BCUT2D eigenvalue weighted by molar-refractivity contribution is 5.23. The maximum absolute atomic E-state index is 2.19. The zero-order chi connectivity index (χ0) is 9.97. The van der Waals surface area contributed by atoms with E-state index in [-0.39, 0.29) is 0 Å². The van der Waals surface area contributed by atoms with E-state index in [0.717, 1.165) is 0 Å². The van der Waals surface area contributed by atoms with Gasteiger partial charge in [-0.15, -0.1) is 0 Å². The zero-order valence-corrected chi connectivity index (χ0v) is 8.57. The standard InChI is InChI=1S/C13H14N/c1-11-8-9-14(12(2)10-11)13-6-4-3-5-7-13/h3-10H,1-2H3/q+1. The molecule has 0 radical (unpaired) electrons. The Labute approximate surface area is 84.6 Å². The molecule has 0 aliphatic carbocycles. The van der Waals surface area contributed by atoms with Gasteiger partial charge in [-0.1, -0.05) is 18.2 Å². The third-order valence-corrected chi connectivity index (χ3v) is 2.34. The Morgan fingerprint density at radius 2 is 1.64 bits per heavy atom. The molecule has 0 spiro atoms. The van der Waals surface area contributed by atoms with Crippen LogP contribution in [-0.4, -0.2) is 0 Å². The summed E-state index contributed by atoms with van der Waals surface area (Å²) in [7, 11) is 0. The van der Waals surface area contributed by atoms with Gasteiger partial charge in [-0.2, -0.15) is 4.57 Å². The Morgan fingerprint density at radius 1 is 0.929 bits per heavy atom. The number of pyridine rings is 1. The van der Waals surface area contributed by atoms with Gasteiger partial charge in [0.1, 0.15) is 0 Å². The summed E-state index contributed by atoms with van der Waals surface area (Å²) >= 11 is 0. The van der Waals surface area contributed by atoms with Crippen molar-refractivity contribution in [2.45, 2.75) is 13.8 Å². The van der Waals surface area contributed by atoms with Gasteiger partial charge < -0.3 is 0 Å². The zero-order valence-electron chi connectivity index (χ0n) is 8.57. The topological polar surface area (TPSA) is 3.88 Å². The van der Waals surface area contributed by atoms with E-state index in [2.05, 4.69) is 61.0 Å². The van der Waals surface area contributed by atoms with Crippen LogP contribution in [-0.2, 0) is 0 Å². The molecule has 0 fully saturated rings. The van der Waals surface area contributed by atoms with Crippen molar-refractivity contribution in [1.82, 2.24) is 0 Å². The number of hydrogen-bond donors (Lipinski definition) is 0. The smallest absolute Gasteiger partial charge is 0.165 e. The lowest BCUT2D eigenvalue weighted by molar-refractivity contribution is -0.602. The fraction of sp³-hybridized carbons (Fsp3) is 0.154. The average Bonchev–Trinajstić information content (AvgIpc) is 2.19. The first-order valence-electron chi connectivity index (χ1n) is 4.82. The molecule has 0 bridgehead atoms. The summed E-state index contributed by atoms with van der Waals surface area (Å²) < 4.78 is 2.19. The van der Waals surface area contributed by atoms with Crippen LogP contribution in [0.25, 0.3) is 5.69 Å². The van der Waals surface area contributed by atoms with Crippen molar-refractivity contribution >= 4 is 0 Å². The van der Waals surface area contributed by atoms with Crippen LogP contribution < -0.4 is 4.57 Å². The van der Waals surface area contributed by atoms with Crippen LogP contribution in [0.4, 0.5) is 0 Å². The van der Waals surface area contributed by atoms with Gasteiger partial charge in [0.15, 0.2) is 11.9 Å². The van der Waals surface area contributed by atoms with Crippen molar-refractivity contribution in [3.8, 4) is 5.69 Å². The first kappa shape index (κ1) is 8.95. The third kappa shape index (κ3) is 1.67. The SMILES string of the molecule is Cc1cc[n+](-c2ccccc2)c(C)c1. The number of hydrogen-bond acceptors (Lipinski definition) is 0. The highest BCUT2D eigenvalue weighted by atomic mass is 15.0. The largest absolute Gasteiger partial charge is 0.210 e. The van der Waals surface area contributed by atoms with Gasteiger partial charge in [-0.05, 0) is 12.5 Å². The second kappa shape index (κ2) is 3.62. The maximum Gasteiger partial charge on any atom is 0.210 e.